The van der Waals surface area contributed by atoms with Crippen LogP contribution in [0.1, 0.15) is 38.2 Å². The third-order valence-electron chi connectivity index (χ3n) is 3.88. The van der Waals surface area contributed by atoms with E-state index in [-0.39, 0.29) is 12.0 Å². The molecule has 0 unspecified atom stereocenters. The fraction of sp³-hybridized carbons (Fsp3) is 0.688. The number of hydrogen-bond acceptors (Lipinski definition) is 3. The Morgan fingerprint density at radius 1 is 1.45 bits per heavy atom. The Morgan fingerprint density at radius 2 is 2.25 bits per heavy atom. The molecule has 0 saturated carbocycles. The van der Waals surface area contributed by atoms with Crippen LogP contribution in [0, 0.1) is 18.8 Å². The van der Waals surface area contributed by atoms with Crippen molar-refractivity contribution in [2.24, 2.45) is 11.8 Å². The summed E-state index contributed by atoms with van der Waals surface area (Å²) in [6.07, 6.45) is 2.46. The maximum atomic E-state index is 11.9. The van der Waals surface area contributed by atoms with Crippen LogP contribution < -0.4 is 5.32 Å². The molecule has 2 rings (SSSR count). The third kappa shape index (κ3) is 4.10. The number of carbonyl (C=O) groups is 1. The molecule has 20 heavy (non-hydrogen) atoms. The van der Waals surface area contributed by atoms with Crippen molar-refractivity contribution in [3.63, 3.8) is 0 Å². The number of furan rings is 1. The van der Waals surface area contributed by atoms with Crippen LogP contribution in [0.5, 0.6) is 0 Å². The Kier molecular flexibility index (Phi) is 5.24. The average molecular weight is 279 g/mol. The molecule has 0 spiro atoms. The van der Waals surface area contributed by atoms with E-state index in [0.29, 0.717) is 24.7 Å². The zero-order valence-electron chi connectivity index (χ0n) is 12.6. The molecule has 0 radical (unpaired) electrons. The first-order valence-electron chi connectivity index (χ1n) is 7.50. The van der Waals surface area contributed by atoms with Gasteiger partial charge in [-0.05, 0) is 31.4 Å². The molecule has 1 saturated heterocycles. The van der Waals surface area contributed by atoms with Crippen LogP contribution in [0.15, 0.2) is 16.5 Å². The minimum atomic E-state index is 0.0912. The van der Waals surface area contributed by atoms with Gasteiger partial charge in [0.15, 0.2) is 0 Å². The predicted molar refractivity (Wildman–Crippen MR) is 77.5 cm³/mol. The monoisotopic (exact) mass is 279 g/mol. The van der Waals surface area contributed by atoms with Crippen LogP contribution in [0.3, 0.4) is 0 Å². The summed E-state index contributed by atoms with van der Waals surface area (Å²) in [5.74, 6) is 2.81. The highest BCUT2D eigenvalue weighted by atomic mass is 16.5. The molecule has 1 aromatic heterocycles. The molecule has 112 valence electrons. The van der Waals surface area contributed by atoms with Crippen LogP contribution in [-0.4, -0.2) is 25.2 Å². The Bertz CT molecular complexity index is 439. The highest BCUT2D eigenvalue weighted by Gasteiger charge is 2.30. The lowest BCUT2D eigenvalue weighted by Crippen LogP contribution is -2.34. The summed E-state index contributed by atoms with van der Waals surface area (Å²) in [5, 5.41) is 3.03. The van der Waals surface area contributed by atoms with E-state index in [0.717, 1.165) is 31.1 Å². The van der Waals surface area contributed by atoms with Gasteiger partial charge in [-0.2, -0.15) is 0 Å². The van der Waals surface area contributed by atoms with Crippen LogP contribution in [0.2, 0.25) is 0 Å². The van der Waals surface area contributed by atoms with Crippen molar-refractivity contribution in [1.82, 2.24) is 5.32 Å². The number of amides is 1. The molecule has 1 aliphatic heterocycles. The summed E-state index contributed by atoms with van der Waals surface area (Å²) in [6, 6.07) is 3.86. The van der Waals surface area contributed by atoms with Gasteiger partial charge in [-0.15, -0.1) is 0 Å². The first-order valence-corrected chi connectivity index (χ1v) is 7.50. The Labute approximate surface area is 120 Å². The lowest BCUT2D eigenvalue weighted by molar-refractivity contribution is -0.121. The summed E-state index contributed by atoms with van der Waals surface area (Å²) in [6.45, 7) is 7.79. The second kappa shape index (κ2) is 6.93. The maximum absolute atomic E-state index is 11.9. The first-order chi connectivity index (χ1) is 9.56. The number of carbonyl (C=O) groups excluding carboxylic acids is 1. The number of hydrogen-bond donors (Lipinski definition) is 1. The number of aryl methyl sites for hydroxylation is 2. The second-order valence-corrected chi connectivity index (χ2v) is 5.94. The van der Waals surface area contributed by atoms with Crippen molar-refractivity contribution in [3.8, 4) is 0 Å². The zero-order valence-corrected chi connectivity index (χ0v) is 12.6. The molecule has 0 bridgehead atoms. The highest BCUT2D eigenvalue weighted by Crippen LogP contribution is 2.26. The van der Waals surface area contributed by atoms with Crippen LogP contribution in [-0.2, 0) is 16.0 Å². The molecular weight excluding hydrogens is 254 g/mol. The molecule has 4 heteroatoms. The molecule has 1 aromatic rings. The minimum absolute atomic E-state index is 0.0912. The Morgan fingerprint density at radius 3 is 2.90 bits per heavy atom. The molecule has 0 aliphatic carbocycles. The van der Waals surface area contributed by atoms with Gasteiger partial charge in [0.05, 0.1) is 6.10 Å². The third-order valence-corrected chi connectivity index (χ3v) is 3.88. The fourth-order valence-electron chi connectivity index (χ4n) is 2.80. The van der Waals surface area contributed by atoms with E-state index < -0.39 is 0 Å². The van der Waals surface area contributed by atoms with E-state index in [1.165, 1.54) is 0 Å². The summed E-state index contributed by atoms with van der Waals surface area (Å²) in [7, 11) is 0. The molecule has 4 nitrogen and oxygen atoms in total. The van der Waals surface area contributed by atoms with E-state index in [1.54, 1.807) is 0 Å². The lowest BCUT2D eigenvalue weighted by Gasteiger charge is -2.22. The quantitative estimate of drug-likeness (QED) is 0.871. The molecule has 1 N–H and O–H groups in total. The number of ether oxygens (including phenoxy) is 1. The number of nitrogens with one attached hydrogen (secondary N) is 1. The first kappa shape index (κ1) is 15.1. The smallest absolute Gasteiger partial charge is 0.220 e. The number of rotatable bonds is 6. The van der Waals surface area contributed by atoms with Crippen molar-refractivity contribution < 1.29 is 13.9 Å². The highest BCUT2D eigenvalue weighted by molar-refractivity contribution is 5.76. The molecule has 1 amide bonds. The summed E-state index contributed by atoms with van der Waals surface area (Å²) >= 11 is 0. The van der Waals surface area contributed by atoms with Crippen molar-refractivity contribution >= 4 is 5.91 Å². The topological polar surface area (TPSA) is 51.5 Å². The summed E-state index contributed by atoms with van der Waals surface area (Å²) in [5.41, 5.74) is 0. The lowest BCUT2D eigenvalue weighted by atomic mass is 9.93. The zero-order chi connectivity index (χ0) is 14.5. The normalized spacial score (nSPS) is 22.4. The van der Waals surface area contributed by atoms with Crippen molar-refractivity contribution in [1.29, 1.82) is 0 Å². The summed E-state index contributed by atoms with van der Waals surface area (Å²) < 4.78 is 11.2. The van der Waals surface area contributed by atoms with Gasteiger partial charge in [0.2, 0.25) is 5.91 Å². The second-order valence-electron chi connectivity index (χ2n) is 5.94. The fourth-order valence-corrected chi connectivity index (χ4v) is 2.80. The average Bonchev–Trinajstić information content (AvgIpc) is 3.02. The van der Waals surface area contributed by atoms with Crippen molar-refractivity contribution in [3.05, 3.63) is 23.7 Å². The van der Waals surface area contributed by atoms with Crippen molar-refractivity contribution in [2.45, 2.75) is 46.1 Å². The molecule has 2 atom stereocenters. The van der Waals surface area contributed by atoms with Gasteiger partial charge < -0.3 is 14.5 Å². The van der Waals surface area contributed by atoms with Gasteiger partial charge in [-0.1, -0.05) is 13.8 Å². The minimum Gasteiger partial charge on any atom is -0.466 e. The maximum Gasteiger partial charge on any atom is 0.220 e. The molecule has 1 aliphatic rings. The standard InChI is InChI=1S/C16H25NO3/c1-11(2)16-13(8-9-19-16)10-17-15(18)7-6-14-5-4-12(3)20-14/h4-5,11,13,16H,6-10H2,1-3H3,(H,17,18)/t13-,16-/m1/s1. The molecular formula is C16H25NO3. The van der Waals surface area contributed by atoms with E-state index in [2.05, 4.69) is 19.2 Å². The molecule has 1 fully saturated rings. The van der Waals surface area contributed by atoms with Crippen LogP contribution in [0.4, 0.5) is 0 Å². The van der Waals surface area contributed by atoms with Crippen LogP contribution in [0.25, 0.3) is 0 Å². The van der Waals surface area contributed by atoms with Gasteiger partial charge in [0.25, 0.3) is 0 Å². The van der Waals surface area contributed by atoms with Crippen LogP contribution >= 0.6 is 0 Å². The Balaban J connectivity index is 1.69. The van der Waals surface area contributed by atoms with Gasteiger partial charge in [0, 0.05) is 31.9 Å². The van der Waals surface area contributed by atoms with Gasteiger partial charge in [-0.25, -0.2) is 0 Å². The largest absolute Gasteiger partial charge is 0.466 e. The van der Waals surface area contributed by atoms with E-state index in [9.17, 15) is 4.79 Å². The Hall–Kier alpha value is -1.29. The van der Waals surface area contributed by atoms with E-state index in [4.69, 9.17) is 9.15 Å². The predicted octanol–water partition coefficient (Wildman–Crippen LogP) is 2.70. The van der Waals surface area contributed by atoms with Gasteiger partial charge in [-0.3, -0.25) is 4.79 Å². The molecule has 2 heterocycles. The SMILES string of the molecule is Cc1ccc(CCC(=O)NC[C@H]2CCO[C@@H]2C(C)C)o1. The molecule has 0 aromatic carbocycles. The van der Waals surface area contributed by atoms with Crippen molar-refractivity contribution in [2.75, 3.05) is 13.2 Å². The van der Waals surface area contributed by atoms with E-state index in [1.807, 2.05) is 19.1 Å². The summed E-state index contributed by atoms with van der Waals surface area (Å²) in [4.78, 5) is 11.9. The van der Waals surface area contributed by atoms with Gasteiger partial charge >= 0.3 is 0 Å². The van der Waals surface area contributed by atoms with Gasteiger partial charge in [0.1, 0.15) is 11.5 Å². The van der Waals surface area contributed by atoms with E-state index >= 15 is 0 Å².